The maximum Gasteiger partial charge on any atom is 0.308 e. The molecule has 1 atom stereocenters. The van der Waals surface area contributed by atoms with E-state index in [-0.39, 0.29) is 0 Å². The highest BCUT2D eigenvalue weighted by atomic mass is 16.4. The highest BCUT2D eigenvalue weighted by molar-refractivity contribution is 5.70. The molecule has 1 aliphatic rings. The molecule has 0 aromatic carbocycles. The summed E-state index contributed by atoms with van der Waals surface area (Å²) in [5, 5.41) is 11.9. The molecule has 19 heavy (non-hydrogen) atoms. The van der Waals surface area contributed by atoms with E-state index in [1.807, 2.05) is 13.1 Å². The highest BCUT2D eigenvalue weighted by Crippen LogP contribution is 2.27. The smallest absolute Gasteiger partial charge is 0.308 e. The first kappa shape index (κ1) is 13.6. The Hall–Kier alpha value is -1.85. The predicted octanol–water partition coefficient (Wildman–Crippen LogP) is 1.60. The summed E-state index contributed by atoms with van der Waals surface area (Å²) in [6.45, 7) is 2.02. The van der Waals surface area contributed by atoms with Crippen LogP contribution in [0, 0.1) is 5.92 Å². The summed E-state index contributed by atoms with van der Waals surface area (Å²) in [6.07, 6.45) is 5.21. The molecule has 1 fully saturated rings. The Morgan fingerprint density at radius 1 is 1.58 bits per heavy atom. The molecule has 1 heterocycles. The molecule has 2 N–H and O–H groups in total. The maximum atomic E-state index is 10.8. The lowest BCUT2D eigenvalue weighted by molar-refractivity contribution is -0.140. The van der Waals surface area contributed by atoms with Crippen LogP contribution < -0.4 is 10.2 Å². The molecule has 0 radical (unpaired) electrons. The van der Waals surface area contributed by atoms with E-state index in [9.17, 15) is 4.79 Å². The highest BCUT2D eigenvalue weighted by Gasteiger charge is 2.23. The molecule has 0 bridgehead atoms. The van der Waals surface area contributed by atoms with E-state index in [4.69, 9.17) is 5.11 Å². The summed E-state index contributed by atoms with van der Waals surface area (Å²) in [5.74, 6) is 0.297. The zero-order chi connectivity index (χ0) is 13.8. The van der Waals surface area contributed by atoms with Crippen LogP contribution >= 0.6 is 0 Å². The van der Waals surface area contributed by atoms with Crippen LogP contribution in [0.2, 0.25) is 0 Å². The lowest BCUT2D eigenvalue weighted by atomic mass is 9.92. The minimum absolute atomic E-state index is 0.360. The van der Waals surface area contributed by atoms with Crippen LogP contribution in [0.15, 0.2) is 12.4 Å². The Kier molecular flexibility index (Phi) is 4.19. The van der Waals surface area contributed by atoms with Gasteiger partial charge < -0.3 is 15.3 Å². The van der Waals surface area contributed by atoms with E-state index in [1.165, 1.54) is 25.6 Å². The van der Waals surface area contributed by atoms with Crippen molar-refractivity contribution in [2.45, 2.75) is 32.2 Å². The summed E-state index contributed by atoms with van der Waals surface area (Å²) in [6, 6.07) is 2.44. The van der Waals surface area contributed by atoms with Crippen LogP contribution in [0.4, 0.5) is 11.6 Å². The standard InChI is InChI=1S/C13H20N4O2/c1-9(13(18)19)7-14-11-6-12(16-8-15-11)17(2)10-4-3-5-10/h6,8-10H,3-5,7H2,1-2H3,(H,18,19)(H,14,15,16). The predicted molar refractivity (Wildman–Crippen MR) is 73.4 cm³/mol. The fourth-order valence-electron chi connectivity index (χ4n) is 1.94. The Balaban J connectivity index is 1.96. The number of nitrogens with zero attached hydrogens (tertiary/aromatic N) is 3. The van der Waals surface area contributed by atoms with Crippen molar-refractivity contribution in [3.8, 4) is 0 Å². The SMILES string of the molecule is CC(CNc1cc(N(C)C2CCC2)ncn1)C(=O)O. The molecule has 1 aliphatic carbocycles. The number of anilines is 2. The normalized spacial score (nSPS) is 16.5. The molecule has 104 valence electrons. The molecule has 0 amide bonds. The van der Waals surface area contributed by atoms with Gasteiger partial charge in [-0.3, -0.25) is 4.79 Å². The second-order valence-electron chi connectivity index (χ2n) is 5.08. The monoisotopic (exact) mass is 264 g/mol. The van der Waals surface area contributed by atoms with Gasteiger partial charge in [-0.1, -0.05) is 6.92 Å². The number of aliphatic carboxylic acids is 1. The van der Waals surface area contributed by atoms with Gasteiger partial charge in [0.2, 0.25) is 0 Å². The minimum Gasteiger partial charge on any atom is -0.481 e. The lowest BCUT2D eigenvalue weighted by Crippen LogP contribution is -2.37. The third kappa shape index (κ3) is 3.33. The first-order chi connectivity index (χ1) is 9.08. The van der Waals surface area contributed by atoms with Crippen molar-refractivity contribution in [2.75, 3.05) is 23.8 Å². The molecule has 1 aromatic heterocycles. The maximum absolute atomic E-state index is 10.8. The number of nitrogens with one attached hydrogen (secondary N) is 1. The first-order valence-corrected chi connectivity index (χ1v) is 6.59. The average Bonchev–Trinajstić information content (AvgIpc) is 2.34. The van der Waals surface area contributed by atoms with Crippen LogP contribution in [-0.2, 0) is 4.79 Å². The van der Waals surface area contributed by atoms with Gasteiger partial charge in [0.15, 0.2) is 0 Å². The largest absolute Gasteiger partial charge is 0.481 e. The van der Waals surface area contributed by atoms with Crippen LogP contribution in [0.1, 0.15) is 26.2 Å². The Morgan fingerprint density at radius 3 is 2.89 bits per heavy atom. The van der Waals surface area contributed by atoms with Crippen molar-refractivity contribution in [3.63, 3.8) is 0 Å². The molecular weight excluding hydrogens is 244 g/mol. The number of hydrogen-bond donors (Lipinski definition) is 2. The van der Waals surface area contributed by atoms with Crippen molar-refractivity contribution in [2.24, 2.45) is 5.92 Å². The fourth-order valence-corrected chi connectivity index (χ4v) is 1.94. The van der Waals surface area contributed by atoms with Crippen LogP contribution in [0.5, 0.6) is 0 Å². The third-order valence-corrected chi connectivity index (χ3v) is 3.65. The van der Waals surface area contributed by atoms with Gasteiger partial charge in [0.25, 0.3) is 0 Å². The van der Waals surface area contributed by atoms with Crippen molar-refractivity contribution < 1.29 is 9.90 Å². The summed E-state index contributed by atoms with van der Waals surface area (Å²) in [7, 11) is 2.04. The molecule has 0 aliphatic heterocycles. The van der Waals surface area contributed by atoms with E-state index < -0.39 is 11.9 Å². The summed E-state index contributed by atoms with van der Waals surface area (Å²) >= 11 is 0. The Bertz CT molecular complexity index is 448. The van der Waals surface area contributed by atoms with Gasteiger partial charge in [0, 0.05) is 25.7 Å². The van der Waals surface area contributed by atoms with Gasteiger partial charge in [0.05, 0.1) is 5.92 Å². The van der Waals surface area contributed by atoms with Crippen LogP contribution in [0.3, 0.4) is 0 Å². The van der Waals surface area contributed by atoms with Crippen LogP contribution in [0.25, 0.3) is 0 Å². The minimum atomic E-state index is -0.812. The number of aromatic nitrogens is 2. The molecule has 0 saturated heterocycles. The summed E-state index contributed by atoms with van der Waals surface area (Å²) < 4.78 is 0. The number of carboxylic acids is 1. The second kappa shape index (κ2) is 5.86. The van der Waals surface area contributed by atoms with Gasteiger partial charge in [-0.15, -0.1) is 0 Å². The van der Waals surface area contributed by atoms with Gasteiger partial charge >= 0.3 is 5.97 Å². The zero-order valence-corrected chi connectivity index (χ0v) is 11.3. The van der Waals surface area contributed by atoms with Gasteiger partial charge in [-0.05, 0) is 19.3 Å². The molecule has 1 aromatic rings. The fraction of sp³-hybridized carbons (Fsp3) is 0.615. The Labute approximate surface area is 112 Å². The first-order valence-electron chi connectivity index (χ1n) is 6.59. The number of hydrogen-bond acceptors (Lipinski definition) is 5. The molecule has 0 spiro atoms. The summed E-state index contributed by atoms with van der Waals surface area (Å²) in [4.78, 5) is 21.3. The van der Waals surface area contributed by atoms with Crippen molar-refractivity contribution in [1.29, 1.82) is 0 Å². The molecule has 2 rings (SSSR count). The summed E-state index contributed by atoms with van der Waals surface area (Å²) in [5.41, 5.74) is 0. The van der Waals surface area contributed by atoms with Crippen LogP contribution in [-0.4, -0.2) is 40.7 Å². The molecule has 6 nitrogen and oxygen atoms in total. The van der Waals surface area contributed by atoms with Crippen molar-refractivity contribution in [1.82, 2.24) is 9.97 Å². The van der Waals surface area contributed by atoms with Gasteiger partial charge in [-0.25, -0.2) is 9.97 Å². The number of carboxylic acid groups (broad SMARTS) is 1. The average molecular weight is 264 g/mol. The van der Waals surface area contributed by atoms with E-state index in [2.05, 4.69) is 20.2 Å². The second-order valence-corrected chi connectivity index (χ2v) is 5.08. The molecule has 6 heteroatoms. The lowest BCUT2D eigenvalue weighted by Gasteiger charge is -2.35. The zero-order valence-electron chi connectivity index (χ0n) is 11.3. The van der Waals surface area contributed by atoms with E-state index >= 15 is 0 Å². The van der Waals surface area contributed by atoms with E-state index in [0.29, 0.717) is 18.4 Å². The van der Waals surface area contributed by atoms with Crippen molar-refractivity contribution >= 4 is 17.6 Å². The topological polar surface area (TPSA) is 78.3 Å². The molecular formula is C13H20N4O2. The van der Waals surface area contributed by atoms with Crippen molar-refractivity contribution in [3.05, 3.63) is 12.4 Å². The molecule has 1 unspecified atom stereocenters. The third-order valence-electron chi connectivity index (χ3n) is 3.65. The van der Waals surface area contributed by atoms with Gasteiger partial charge in [0.1, 0.15) is 18.0 Å². The molecule has 1 saturated carbocycles. The van der Waals surface area contributed by atoms with E-state index in [1.54, 1.807) is 6.92 Å². The number of carbonyl (C=O) groups is 1. The van der Waals surface area contributed by atoms with Gasteiger partial charge in [-0.2, -0.15) is 0 Å². The quantitative estimate of drug-likeness (QED) is 0.812. The Morgan fingerprint density at radius 2 is 2.32 bits per heavy atom. The number of rotatable bonds is 6. The van der Waals surface area contributed by atoms with E-state index in [0.717, 1.165) is 5.82 Å².